The first kappa shape index (κ1) is 20.1. The highest BCUT2D eigenvalue weighted by Crippen LogP contribution is 2.49. The molecule has 1 saturated heterocycles. The number of hydrogen-bond acceptors (Lipinski definition) is 4. The van der Waals surface area contributed by atoms with Gasteiger partial charge in [-0.15, -0.1) is 0 Å². The first-order valence-electron chi connectivity index (χ1n) is 10.3. The maximum atomic E-state index is 13.8. The number of anilines is 1. The number of nitrogens with zero attached hydrogens (tertiary/aromatic N) is 2. The number of carbonyl (C=O) groups excluding carboxylic acids is 2. The van der Waals surface area contributed by atoms with Crippen LogP contribution in [-0.4, -0.2) is 29.7 Å². The summed E-state index contributed by atoms with van der Waals surface area (Å²) in [5.41, 5.74) is 0.555. The third-order valence-corrected chi connectivity index (χ3v) is 6.00. The summed E-state index contributed by atoms with van der Waals surface area (Å²) in [5.74, 6) is 0.387. The Balaban J connectivity index is 1.64. The number of fused-ring (bicyclic) bond motifs is 4. The molecular formula is C25H21FN2O4. The van der Waals surface area contributed by atoms with Crippen molar-refractivity contribution in [1.82, 2.24) is 4.90 Å². The van der Waals surface area contributed by atoms with Crippen LogP contribution in [0.5, 0.6) is 11.5 Å². The van der Waals surface area contributed by atoms with Crippen LogP contribution < -0.4 is 14.4 Å². The number of para-hydroxylation sites is 1. The molecule has 1 fully saturated rings. The van der Waals surface area contributed by atoms with Gasteiger partial charge >= 0.3 is 6.03 Å². The van der Waals surface area contributed by atoms with E-state index in [1.807, 2.05) is 31.2 Å². The summed E-state index contributed by atoms with van der Waals surface area (Å²) in [6.07, 6.45) is 0.370. The fourth-order valence-electron chi connectivity index (χ4n) is 4.48. The van der Waals surface area contributed by atoms with Crippen LogP contribution in [0.4, 0.5) is 14.9 Å². The lowest BCUT2D eigenvalue weighted by molar-refractivity contribution is 0.00267. The zero-order valence-corrected chi connectivity index (χ0v) is 17.6. The highest BCUT2D eigenvalue weighted by molar-refractivity contribution is 6.10. The van der Waals surface area contributed by atoms with Gasteiger partial charge in [0.25, 0.3) is 5.91 Å². The van der Waals surface area contributed by atoms with Gasteiger partial charge in [-0.05, 0) is 61.5 Å². The van der Waals surface area contributed by atoms with Gasteiger partial charge in [0.2, 0.25) is 0 Å². The van der Waals surface area contributed by atoms with Gasteiger partial charge in [-0.3, -0.25) is 14.6 Å². The summed E-state index contributed by atoms with van der Waals surface area (Å²) in [6, 6.07) is 18.6. The van der Waals surface area contributed by atoms with Crippen molar-refractivity contribution in [2.24, 2.45) is 0 Å². The van der Waals surface area contributed by atoms with Gasteiger partial charge in [0.1, 0.15) is 17.3 Å². The van der Waals surface area contributed by atoms with E-state index in [4.69, 9.17) is 9.47 Å². The fourth-order valence-corrected chi connectivity index (χ4v) is 4.48. The molecule has 2 unspecified atom stereocenters. The minimum atomic E-state index is -1.04. The van der Waals surface area contributed by atoms with Gasteiger partial charge in [0.05, 0.1) is 13.2 Å². The van der Waals surface area contributed by atoms with Gasteiger partial charge in [-0.2, -0.15) is 0 Å². The lowest BCUT2D eigenvalue weighted by atomic mass is 9.88. The summed E-state index contributed by atoms with van der Waals surface area (Å²) in [4.78, 5) is 30.1. The normalized spacial score (nSPS) is 21.6. The number of methoxy groups -OCH3 is 1. The van der Waals surface area contributed by atoms with Gasteiger partial charge in [-0.25, -0.2) is 9.18 Å². The number of benzene rings is 3. The monoisotopic (exact) mass is 432 g/mol. The summed E-state index contributed by atoms with van der Waals surface area (Å²) in [5, 5.41) is 0. The second kappa shape index (κ2) is 7.37. The van der Waals surface area contributed by atoms with Crippen LogP contribution in [0.1, 0.15) is 35.3 Å². The number of rotatable bonds is 3. The third kappa shape index (κ3) is 3.09. The average Bonchev–Trinajstić information content (AvgIpc) is 2.80. The van der Waals surface area contributed by atoms with E-state index in [2.05, 4.69) is 0 Å². The summed E-state index contributed by atoms with van der Waals surface area (Å²) < 4.78 is 25.0. The van der Waals surface area contributed by atoms with Gasteiger partial charge in [0, 0.05) is 23.2 Å². The van der Waals surface area contributed by atoms with Crippen LogP contribution in [-0.2, 0) is 0 Å². The molecule has 0 aliphatic carbocycles. The van der Waals surface area contributed by atoms with E-state index in [0.29, 0.717) is 29.2 Å². The van der Waals surface area contributed by atoms with Crippen molar-refractivity contribution >= 4 is 17.6 Å². The SMILES string of the molecule is COc1ccc(C(=O)N2C(=O)N(c3ccc(F)cc3)C3(C)CC2c2ccccc2O3)cc1. The van der Waals surface area contributed by atoms with Crippen LogP contribution >= 0.6 is 0 Å². The van der Waals surface area contributed by atoms with Crippen LogP contribution in [0.2, 0.25) is 0 Å². The molecule has 0 N–H and O–H groups in total. The van der Waals surface area contributed by atoms with Gasteiger partial charge < -0.3 is 9.47 Å². The van der Waals surface area contributed by atoms with Crippen molar-refractivity contribution in [3.63, 3.8) is 0 Å². The molecule has 3 aromatic rings. The van der Waals surface area contributed by atoms with E-state index in [-0.39, 0.29) is 0 Å². The predicted octanol–water partition coefficient (Wildman–Crippen LogP) is 5.16. The number of urea groups is 1. The molecule has 3 aromatic carbocycles. The van der Waals surface area contributed by atoms with E-state index < -0.39 is 29.5 Å². The van der Waals surface area contributed by atoms with Crippen molar-refractivity contribution in [3.05, 3.63) is 89.7 Å². The van der Waals surface area contributed by atoms with Crippen molar-refractivity contribution in [1.29, 1.82) is 0 Å². The van der Waals surface area contributed by atoms with Gasteiger partial charge in [0.15, 0.2) is 5.72 Å². The van der Waals surface area contributed by atoms with Gasteiger partial charge in [-0.1, -0.05) is 18.2 Å². The Morgan fingerprint density at radius 2 is 1.75 bits per heavy atom. The van der Waals surface area contributed by atoms with Crippen molar-refractivity contribution in [3.8, 4) is 11.5 Å². The minimum Gasteiger partial charge on any atom is -0.497 e. The summed E-state index contributed by atoms with van der Waals surface area (Å²) in [6.45, 7) is 1.81. The van der Waals surface area contributed by atoms with Crippen LogP contribution in [0.3, 0.4) is 0 Å². The second-order valence-corrected chi connectivity index (χ2v) is 8.03. The molecule has 2 aliphatic rings. The number of amides is 3. The molecule has 2 heterocycles. The fraction of sp³-hybridized carbons (Fsp3) is 0.200. The number of carbonyl (C=O) groups is 2. The lowest BCUT2D eigenvalue weighted by Crippen LogP contribution is -2.67. The number of halogens is 1. The molecule has 5 rings (SSSR count). The number of ether oxygens (including phenoxy) is 2. The summed E-state index contributed by atoms with van der Waals surface area (Å²) in [7, 11) is 1.55. The Morgan fingerprint density at radius 1 is 1.06 bits per heavy atom. The average molecular weight is 432 g/mol. The van der Waals surface area contributed by atoms with Crippen molar-refractivity contribution in [2.45, 2.75) is 25.1 Å². The molecule has 0 saturated carbocycles. The Hall–Kier alpha value is -3.87. The lowest BCUT2D eigenvalue weighted by Gasteiger charge is -2.53. The largest absolute Gasteiger partial charge is 0.497 e. The highest BCUT2D eigenvalue weighted by atomic mass is 19.1. The molecule has 2 bridgehead atoms. The standard InChI is InChI=1S/C25H21FN2O4/c1-25-15-21(20-5-3-4-6-22(20)32-25)27(23(29)16-7-13-19(31-2)14-8-16)24(30)28(25)18-11-9-17(26)10-12-18/h3-14,21H,15H2,1-2H3. The van der Waals surface area contributed by atoms with Crippen LogP contribution in [0.25, 0.3) is 0 Å². The Morgan fingerprint density at radius 3 is 2.44 bits per heavy atom. The van der Waals surface area contributed by atoms with Crippen molar-refractivity contribution in [2.75, 3.05) is 12.0 Å². The second-order valence-electron chi connectivity index (χ2n) is 8.03. The van der Waals surface area contributed by atoms with E-state index in [1.54, 1.807) is 31.4 Å². The molecule has 2 atom stereocenters. The highest BCUT2D eigenvalue weighted by Gasteiger charge is 2.55. The molecule has 6 nitrogen and oxygen atoms in total. The Kier molecular flexibility index (Phi) is 4.62. The van der Waals surface area contributed by atoms with Crippen LogP contribution in [0.15, 0.2) is 72.8 Å². The summed E-state index contributed by atoms with van der Waals surface area (Å²) >= 11 is 0. The van der Waals surface area contributed by atoms with Crippen LogP contribution in [0, 0.1) is 5.82 Å². The van der Waals surface area contributed by atoms with E-state index >= 15 is 0 Å². The minimum absolute atomic E-state index is 0.366. The smallest absolute Gasteiger partial charge is 0.335 e. The van der Waals surface area contributed by atoms with Crippen molar-refractivity contribution < 1.29 is 23.5 Å². The first-order chi connectivity index (χ1) is 15.4. The van der Waals surface area contributed by atoms with E-state index in [0.717, 1.165) is 5.56 Å². The Labute approximate surface area is 184 Å². The topological polar surface area (TPSA) is 59.1 Å². The Bertz CT molecular complexity index is 1200. The molecule has 2 aliphatic heterocycles. The molecule has 162 valence electrons. The molecule has 7 heteroatoms. The molecule has 0 aromatic heterocycles. The predicted molar refractivity (Wildman–Crippen MR) is 116 cm³/mol. The molecular weight excluding hydrogens is 411 g/mol. The molecule has 32 heavy (non-hydrogen) atoms. The number of hydrogen-bond donors (Lipinski definition) is 0. The zero-order valence-electron chi connectivity index (χ0n) is 17.6. The molecule has 0 radical (unpaired) electrons. The van der Waals surface area contributed by atoms with E-state index in [1.165, 1.54) is 34.1 Å². The molecule has 0 spiro atoms. The number of imide groups is 1. The third-order valence-electron chi connectivity index (χ3n) is 6.00. The zero-order chi connectivity index (χ0) is 22.5. The maximum Gasteiger partial charge on any atom is 0.335 e. The van der Waals surface area contributed by atoms with E-state index in [9.17, 15) is 14.0 Å². The maximum absolute atomic E-state index is 13.8. The quantitative estimate of drug-likeness (QED) is 0.574. The molecule has 3 amide bonds. The first-order valence-corrected chi connectivity index (χ1v) is 10.3.